The SMILES string of the molecule is CNC1CCCC1CCc1ccccc1. The van der Waals surface area contributed by atoms with Crippen molar-refractivity contribution in [2.24, 2.45) is 5.92 Å². The van der Waals surface area contributed by atoms with Crippen LogP contribution >= 0.6 is 0 Å². The average Bonchev–Trinajstić information content (AvgIpc) is 2.75. The number of rotatable bonds is 4. The molecule has 1 fully saturated rings. The Labute approximate surface area is 92.9 Å². The zero-order chi connectivity index (χ0) is 10.5. The van der Waals surface area contributed by atoms with E-state index in [-0.39, 0.29) is 0 Å². The second-order valence-electron chi connectivity index (χ2n) is 4.61. The van der Waals surface area contributed by atoms with Crippen LogP contribution in [-0.4, -0.2) is 13.1 Å². The summed E-state index contributed by atoms with van der Waals surface area (Å²) in [5.74, 6) is 0.898. The molecule has 1 saturated carbocycles. The maximum Gasteiger partial charge on any atom is 0.00924 e. The largest absolute Gasteiger partial charge is 0.317 e. The first-order valence-electron chi connectivity index (χ1n) is 6.11. The molecule has 1 aliphatic carbocycles. The highest BCUT2D eigenvalue weighted by atomic mass is 14.9. The molecule has 2 unspecified atom stereocenters. The fraction of sp³-hybridized carbons (Fsp3) is 0.571. The summed E-state index contributed by atoms with van der Waals surface area (Å²) in [4.78, 5) is 0. The lowest BCUT2D eigenvalue weighted by molar-refractivity contribution is 0.400. The lowest BCUT2D eigenvalue weighted by Gasteiger charge is -2.18. The summed E-state index contributed by atoms with van der Waals surface area (Å²) >= 11 is 0. The third kappa shape index (κ3) is 2.82. The van der Waals surface area contributed by atoms with Gasteiger partial charge in [0.15, 0.2) is 0 Å². The molecule has 2 rings (SSSR count). The Morgan fingerprint density at radius 2 is 2.00 bits per heavy atom. The van der Waals surface area contributed by atoms with Crippen molar-refractivity contribution in [2.75, 3.05) is 7.05 Å². The smallest absolute Gasteiger partial charge is 0.00924 e. The predicted octanol–water partition coefficient (Wildman–Crippen LogP) is 3.01. The Balaban J connectivity index is 1.83. The number of nitrogens with one attached hydrogen (secondary N) is 1. The van der Waals surface area contributed by atoms with E-state index in [0.717, 1.165) is 12.0 Å². The van der Waals surface area contributed by atoms with Gasteiger partial charge in [-0.15, -0.1) is 0 Å². The summed E-state index contributed by atoms with van der Waals surface area (Å²) in [7, 11) is 2.10. The molecule has 1 nitrogen and oxygen atoms in total. The van der Waals surface area contributed by atoms with Gasteiger partial charge in [0.25, 0.3) is 0 Å². The molecule has 0 spiro atoms. The number of aryl methyl sites for hydroxylation is 1. The molecule has 0 heterocycles. The van der Waals surface area contributed by atoms with Gasteiger partial charge in [0.05, 0.1) is 0 Å². The third-order valence-electron chi connectivity index (χ3n) is 3.68. The fourth-order valence-electron chi connectivity index (χ4n) is 2.76. The van der Waals surface area contributed by atoms with E-state index in [1.807, 2.05) is 0 Å². The topological polar surface area (TPSA) is 12.0 Å². The molecule has 0 amide bonds. The van der Waals surface area contributed by atoms with Gasteiger partial charge in [-0.25, -0.2) is 0 Å². The molecule has 1 aliphatic rings. The maximum absolute atomic E-state index is 3.45. The minimum absolute atomic E-state index is 0.772. The molecular weight excluding hydrogens is 182 g/mol. The van der Waals surface area contributed by atoms with E-state index in [1.54, 1.807) is 0 Å². The molecule has 1 aromatic carbocycles. The lowest BCUT2D eigenvalue weighted by atomic mass is 9.95. The van der Waals surface area contributed by atoms with Crippen LogP contribution in [0.4, 0.5) is 0 Å². The van der Waals surface area contributed by atoms with Crippen LogP contribution in [0, 0.1) is 5.92 Å². The van der Waals surface area contributed by atoms with Crippen molar-refractivity contribution in [3.8, 4) is 0 Å². The molecule has 0 aliphatic heterocycles. The second-order valence-corrected chi connectivity index (χ2v) is 4.61. The van der Waals surface area contributed by atoms with E-state index in [4.69, 9.17) is 0 Å². The molecule has 15 heavy (non-hydrogen) atoms. The van der Waals surface area contributed by atoms with Gasteiger partial charge in [0.2, 0.25) is 0 Å². The number of hydrogen-bond donors (Lipinski definition) is 1. The van der Waals surface area contributed by atoms with E-state index >= 15 is 0 Å². The highest BCUT2D eigenvalue weighted by Crippen LogP contribution is 2.29. The molecule has 1 N–H and O–H groups in total. The van der Waals surface area contributed by atoms with Gasteiger partial charge >= 0.3 is 0 Å². The van der Waals surface area contributed by atoms with Crippen molar-refractivity contribution in [1.82, 2.24) is 5.32 Å². The maximum atomic E-state index is 3.45. The Morgan fingerprint density at radius 3 is 2.73 bits per heavy atom. The minimum atomic E-state index is 0.772. The standard InChI is InChI=1S/C14H21N/c1-15-14-9-5-8-13(14)11-10-12-6-3-2-4-7-12/h2-4,6-7,13-15H,5,8-11H2,1H3. The molecule has 1 heteroatoms. The molecule has 2 atom stereocenters. The first-order valence-corrected chi connectivity index (χ1v) is 6.11. The van der Waals surface area contributed by atoms with Gasteiger partial charge in [0.1, 0.15) is 0 Å². The van der Waals surface area contributed by atoms with Gasteiger partial charge in [-0.2, -0.15) is 0 Å². The van der Waals surface area contributed by atoms with E-state index in [1.165, 1.54) is 37.7 Å². The summed E-state index contributed by atoms with van der Waals surface area (Å²) in [6.07, 6.45) is 6.78. The van der Waals surface area contributed by atoms with Crippen LogP contribution in [0.5, 0.6) is 0 Å². The van der Waals surface area contributed by atoms with Crippen molar-refractivity contribution in [3.05, 3.63) is 35.9 Å². The summed E-state index contributed by atoms with van der Waals surface area (Å²) in [5, 5.41) is 3.45. The molecule has 82 valence electrons. The molecule has 0 saturated heterocycles. The fourth-order valence-corrected chi connectivity index (χ4v) is 2.76. The van der Waals surface area contributed by atoms with Gasteiger partial charge in [0, 0.05) is 6.04 Å². The summed E-state index contributed by atoms with van der Waals surface area (Å²) in [5.41, 5.74) is 1.49. The predicted molar refractivity (Wildman–Crippen MR) is 65.0 cm³/mol. The van der Waals surface area contributed by atoms with Crippen LogP contribution in [0.3, 0.4) is 0 Å². The van der Waals surface area contributed by atoms with Crippen LogP contribution in [0.2, 0.25) is 0 Å². The average molecular weight is 203 g/mol. The Bertz CT molecular complexity index is 281. The molecule has 0 radical (unpaired) electrons. The van der Waals surface area contributed by atoms with Gasteiger partial charge in [-0.1, -0.05) is 36.8 Å². The van der Waals surface area contributed by atoms with Crippen LogP contribution in [0.25, 0.3) is 0 Å². The van der Waals surface area contributed by atoms with Crippen molar-refractivity contribution >= 4 is 0 Å². The van der Waals surface area contributed by atoms with E-state index in [9.17, 15) is 0 Å². The summed E-state index contributed by atoms with van der Waals surface area (Å²) in [6, 6.07) is 11.6. The summed E-state index contributed by atoms with van der Waals surface area (Å²) in [6.45, 7) is 0. The van der Waals surface area contributed by atoms with Crippen LogP contribution in [0.1, 0.15) is 31.2 Å². The Hall–Kier alpha value is -0.820. The van der Waals surface area contributed by atoms with Crippen LogP contribution in [0.15, 0.2) is 30.3 Å². The normalized spacial score (nSPS) is 25.7. The zero-order valence-corrected chi connectivity index (χ0v) is 9.58. The Morgan fingerprint density at radius 1 is 1.20 bits per heavy atom. The second kappa shape index (κ2) is 5.32. The zero-order valence-electron chi connectivity index (χ0n) is 9.58. The lowest BCUT2D eigenvalue weighted by Crippen LogP contribution is -2.29. The monoisotopic (exact) mass is 203 g/mol. The molecular formula is C14H21N. The van der Waals surface area contributed by atoms with Gasteiger partial charge in [-0.05, 0) is 44.2 Å². The highest BCUT2D eigenvalue weighted by Gasteiger charge is 2.24. The van der Waals surface area contributed by atoms with Gasteiger partial charge in [-0.3, -0.25) is 0 Å². The quantitative estimate of drug-likeness (QED) is 0.793. The van der Waals surface area contributed by atoms with Crippen molar-refractivity contribution in [3.63, 3.8) is 0 Å². The van der Waals surface area contributed by atoms with Crippen molar-refractivity contribution in [1.29, 1.82) is 0 Å². The van der Waals surface area contributed by atoms with E-state index in [2.05, 4.69) is 42.7 Å². The van der Waals surface area contributed by atoms with Crippen molar-refractivity contribution < 1.29 is 0 Å². The van der Waals surface area contributed by atoms with E-state index in [0.29, 0.717) is 0 Å². The highest BCUT2D eigenvalue weighted by molar-refractivity contribution is 5.14. The molecule has 1 aromatic rings. The van der Waals surface area contributed by atoms with Crippen molar-refractivity contribution in [2.45, 2.75) is 38.1 Å². The number of hydrogen-bond acceptors (Lipinski definition) is 1. The third-order valence-corrected chi connectivity index (χ3v) is 3.68. The molecule has 0 bridgehead atoms. The Kier molecular flexibility index (Phi) is 3.79. The van der Waals surface area contributed by atoms with Crippen LogP contribution in [-0.2, 0) is 6.42 Å². The van der Waals surface area contributed by atoms with Gasteiger partial charge < -0.3 is 5.32 Å². The van der Waals surface area contributed by atoms with E-state index < -0.39 is 0 Å². The minimum Gasteiger partial charge on any atom is -0.317 e. The first kappa shape index (κ1) is 10.7. The first-order chi connectivity index (χ1) is 7.40. The number of benzene rings is 1. The molecule has 0 aromatic heterocycles. The summed E-state index contributed by atoms with van der Waals surface area (Å²) < 4.78 is 0. The van der Waals surface area contributed by atoms with Crippen LogP contribution < -0.4 is 5.32 Å².